The summed E-state index contributed by atoms with van der Waals surface area (Å²) in [5.41, 5.74) is 0. The lowest BCUT2D eigenvalue weighted by atomic mass is 9.80. The maximum Gasteiger partial charge on any atom is -0.0236 e. The van der Waals surface area contributed by atoms with Crippen LogP contribution in [0.5, 0.6) is 0 Å². The second-order valence-corrected chi connectivity index (χ2v) is 6.27. The summed E-state index contributed by atoms with van der Waals surface area (Å²) in [4.78, 5) is 0. The SMILES string of the molecule is CC[C@H]1/C=C\C[C@H](CC)CC[C@H](C(C)C)CC1. The lowest BCUT2D eigenvalue weighted by Crippen LogP contribution is -2.14. The third kappa shape index (κ3) is 5.27. The average molecular weight is 236 g/mol. The summed E-state index contributed by atoms with van der Waals surface area (Å²) in [7, 11) is 0. The highest BCUT2D eigenvalue weighted by atomic mass is 14.2. The van der Waals surface area contributed by atoms with Gasteiger partial charge >= 0.3 is 0 Å². The summed E-state index contributed by atoms with van der Waals surface area (Å²) < 4.78 is 0. The van der Waals surface area contributed by atoms with E-state index in [0.29, 0.717) is 0 Å². The Morgan fingerprint density at radius 2 is 1.71 bits per heavy atom. The Bertz CT molecular complexity index is 214. The van der Waals surface area contributed by atoms with Crippen molar-refractivity contribution in [3.8, 4) is 0 Å². The average Bonchev–Trinajstić information content (AvgIpc) is 2.34. The monoisotopic (exact) mass is 236 g/mol. The van der Waals surface area contributed by atoms with Gasteiger partial charge in [0.25, 0.3) is 0 Å². The minimum Gasteiger partial charge on any atom is -0.0880 e. The Labute approximate surface area is 109 Å². The summed E-state index contributed by atoms with van der Waals surface area (Å²) in [6, 6.07) is 0. The maximum absolute atomic E-state index is 2.51. The third-order valence-corrected chi connectivity index (χ3v) is 4.78. The maximum atomic E-state index is 2.51. The molecule has 0 saturated carbocycles. The van der Waals surface area contributed by atoms with Gasteiger partial charge in [0, 0.05) is 0 Å². The second-order valence-electron chi connectivity index (χ2n) is 6.27. The van der Waals surface area contributed by atoms with Crippen LogP contribution in [0, 0.1) is 23.7 Å². The summed E-state index contributed by atoms with van der Waals surface area (Å²) in [5, 5.41) is 0. The molecule has 0 fully saturated rings. The molecule has 0 radical (unpaired) electrons. The van der Waals surface area contributed by atoms with E-state index < -0.39 is 0 Å². The summed E-state index contributed by atoms with van der Waals surface area (Å²) >= 11 is 0. The van der Waals surface area contributed by atoms with Gasteiger partial charge in [-0.05, 0) is 62.2 Å². The summed E-state index contributed by atoms with van der Waals surface area (Å²) in [6.45, 7) is 9.51. The molecule has 0 unspecified atom stereocenters. The molecular formula is C17H32. The van der Waals surface area contributed by atoms with Crippen molar-refractivity contribution >= 4 is 0 Å². The van der Waals surface area contributed by atoms with Crippen molar-refractivity contribution in [3.63, 3.8) is 0 Å². The zero-order chi connectivity index (χ0) is 12.7. The number of rotatable bonds is 3. The van der Waals surface area contributed by atoms with E-state index >= 15 is 0 Å². The van der Waals surface area contributed by atoms with Crippen LogP contribution in [0.25, 0.3) is 0 Å². The zero-order valence-corrected chi connectivity index (χ0v) is 12.4. The Kier molecular flexibility index (Phi) is 6.92. The van der Waals surface area contributed by atoms with Crippen LogP contribution >= 0.6 is 0 Å². The molecule has 0 aromatic rings. The Morgan fingerprint density at radius 3 is 2.29 bits per heavy atom. The fourth-order valence-electron chi connectivity index (χ4n) is 3.08. The van der Waals surface area contributed by atoms with Crippen LogP contribution in [0.4, 0.5) is 0 Å². The summed E-state index contributed by atoms with van der Waals surface area (Å²) in [5.74, 6) is 3.60. The van der Waals surface area contributed by atoms with Gasteiger partial charge in [0.15, 0.2) is 0 Å². The van der Waals surface area contributed by atoms with Crippen LogP contribution in [0.2, 0.25) is 0 Å². The van der Waals surface area contributed by atoms with Gasteiger partial charge in [-0.3, -0.25) is 0 Å². The highest BCUT2D eigenvalue weighted by molar-refractivity contribution is 4.90. The van der Waals surface area contributed by atoms with Gasteiger partial charge in [-0.15, -0.1) is 0 Å². The third-order valence-electron chi connectivity index (χ3n) is 4.78. The van der Waals surface area contributed by atoms with E-state index in [4.69, 9.17) is 0 Å². The van der Waals surface area contributed by atoms with Crippen LogP contribution in [-0.4, -0.2) is 0 Å². The van der Waals surface area contributed by atoms with Crippen molar-refractivity contribution in [1.29, 1.82) is 0 Å². The molecular weight excluding hydrogens is 204 g/mol. The van der Waals surface area contributed by atoms with Crippen LogP contribution in [-0.2, 0) is 0 Å². The van der Waals surface area contributed by atoms with Gasteiger partial charge in [-0.1, -0.05) is 46.3 Å². The van der Waals surface area contributed by atoms with Crippen molar-refractivity contribution in [2.75, 3.05) is 0 Å². The molecule has 0 N–H and O–H groups in total. The molecule has 0 aliphatic heterocycles. The lowest BCUT2D eigenvalue weighted by molar-refractivity contribution is 0.279. The molecule has 1 aliphatic carbocycles. The standard InChI is InChI=1S/C17H32/c1-5-15-8-7-9-16(6-2)11-13-17(12-10-15)14(3)4/h7-8,14-17H,5-6,9-13H2,1-4H3/b8-7-/t15-,16-,17+/m0/s1. The molecule has 0 saturated heterocycles. The molecule has 1 aliphatic rings. The molecule has 17 heavy (non-hydrogen) atoms. The fraction of sp³-hybridized carbons (Fsp3) is 0.882. The molecule has 0 spiro atoms. The minimum atomic E-state index is 0.840. The van der Waals surface area contributed by atoms with Crippen molar-refractivity contribution < 1.29 is 0 Å². The normalized spacial score (nSPS) is 33.6. The first-order valence-corrected chi connectivity index (χ1v) is 7.83. The highest BCUT2D eigenvalue weighted by Gasteiger charge is 2.18. The largest absolute Gasteiger partial charge is 0.0880 e. The topological polar surface area (TPSA) is 0 Å². The van der Waals surface area contributed by atoms with Gasteiger partial charge in [0.1, 0.15) is 0 Å². The van der Waals surface area contributed by atoms with E-state index in [1.807, 2.05) is 0 Å². The molecule has 0 nitrogen and oxygen atoms in total. The van der Waals surface area contributed by atoms with E-state index in [2.05, 4.69) is 39.8 Å². The Morgan fingerprint density at radius 1 is 1.00 bits per heavy atom. The van der Waals surface area contributed by atoms with Gasteiger partial charge in [0.2, 0.25) is 0 Å². The number of allylic oxidation sites excluding steroid dienone is 2. The van der Waals surface area contributed by atoms with Crippen molar-refractivity contribution in [3.05, 3.63) is 12.2 Å². The van der Waals surface area contributed by atoms with E-state index in [-0.39, 0.29) is 0 Å². The quantitative estimate of drug-likeness (QED) is 0.541. The van der Waals surface area contributed by atoms with E-state index in [1.165, 1.54) is 44.9 Å². The first kappa shape index (κ1) is 14.8. The molecule has 0 aromatic carbocycles. The summed E-state index contributed by atoms with van der Waals surface area (Å²) in [6.07, 6.45) is 14.7. The fourth-order valence-corrected chi connectivity index (χ4v) is 3.08. The molecule has 100 valence electrons. The van der Waals surface area contributed by atoms with Crippen molar-refractivity contribution in [2.24, 2.45) is 23.7 Å². The molecule has 0 amide bonds. The van der Waals surface area contributed by atoms with Gasteiger partial charge < -0.3 is 0 Å². The number of hydrogen-bond donors (Lipinski definition) is 0. The molecule has 0 heteroatoms. The zero-order valence-electron chi connectivity index (χ0n) is 12.4. The van der Waals surface area contributed by atoms with Crippen molar-refractivity contribution in [1.82, 2.24) is 0 Å². The van der Waals surface area contributed by atoms with Crippen LogP contribution in [0.1, 0.15) is 72.6 Å². The Balaban J connectivity index is 2.63. The first-order valence-electron chi connectivity index (χ1n) is 7.83. The first-order chi connectivity index (χ1) is 8.17. The van der Waals surface area contributed by atoms with Crippen LogP contribution in [0.3, 0.4) is 0 Å². The molecule has 0 heterocycles. The van der Waals surface area contributed by atoms with Crippen molar-refractivity contribution in [2.45, 2.75) is 72.6 Å². The van der Waals surface area contributed by atoms with Gasteiger partial charge in [-0.2, -0.15) is 0 Å². The second kappa shape index (κ2) is 7.95. The van der Waals surface area contributed by atoms with E-state index in [0.717, 1.165) is 23.7 Å². The van der Waals surface area contributed by atoms with Gasteiger partial charge in [-0.25, -0.2) is 0 Å². The highest BCUT2D eigenvalue weighted by Crippen LogP contribution is 2.30. The lowest BCUT2D eigenvalue weighted by Gasteiger charge is -2.26. The predicted molar refractivity (Wildman–Crippen MR) is 78.1 cm³/mol. The minimum absolute atomic E-state index is 0.840. The molecule has 0 bridgehead atoms. The van der Waals surface area contributed by atoms with E-state index in [1.54, 1.807) is 0 Å². The molecule has 3 atom stereocenters. The Hall–Kier alpha value is -0.260. The molecule has 1 rings (SSSR count). The van der Waals surface area contributed by atoms with Gasteiger partial charge in [0.05, 0.1) is 0 Å². The number of hydrogen-bond acceptors (Lipinski definition) is 0. The van der Waals surface area contributed by atoms with Crippen LogP contribution in [0.15, 0.2) is 12.2 Å². The smallest absolute Gasteiger partial charge is 0.0236 e. The van der Waals surface area contributed by atoms with Crippen LogP contribution < -0.4 is 0 Å². The predicted octanol–water partition coefficient (Wildman–Crippen LogP) is 5.83. The molecule has 0 aromatic heterocycles. The van der Waals surface area contributed by atoms with E-state index in [9.17, 15) is 0 Å².